The molecule has 3 aliphatic rings. The van der Waals surface area contributed by atoms with Crippen LogP contribution in [0, 0.1) is 28.6 Å². The first-order chi connectivity index (χ1) is 15.0. The van der Waals surface area contributed by atoms with Crippen LogP contribution in [0.25, 0.3) is 0 Å². The predicted molar refractivity (Wildman–Crippen MR) is 125 cm³/mol. The molecule has 7 atom stereocenters. The van der Waals surface area contributed by atoms with Crippen LogP contribution in [0.3, 0.4) is 0 Å². The number of rotatable bonds is 5. The first-order valence-corrected chi connectivity index (χ1v) is 12.2. The Balaban J connectivity index is 2.28. The van der Waals surface area contributed by atoms with Crippen LogP contribution in [-0.4, -0.2) is 43.9 Å². The quantitative estimate of drug-likeness (QED) is 0.321. The zero-order chi connectivity index (χ0) is 25.1. The number of carbonyl (C=O) groups excluding carboxylic acids is 3. The number of hydrogen-bond acceptors (Lipinski definition) is 6. The lowest BCUT2D eigenvalue weighted by Gasteiger charge is -2.54. The highest BCUT2D eigenvalue weighted by atomic mass is 16.3. The van der Waals surface area contributed by atoms with Gasteiger partial charge in [0.15, 0.2) is 17.3 Å². The van der Waals surface area contributed by atoms with Crippen LogP contribution < -0.4 is 0 Å². The van der Waals surface area contributed by atoms with Crippen molar-refractivity contribution in [1.29, 1.82) is 0 Å². The van der Waals surface area contributed by atoms with Gasteiger partial charge >= 0.3 is 0 Å². The molecule has 0 aromatic heterocycles. The molecule has 3 rings (SSSR count). The highest BCUT2D eigenvalue weighted by molar-refractivity contribution is 6.31. The summed E-state index contributed by atoms with van der Waals surface area (Å²) in [7, 11) is 0. The van der Waals surface area contributed by atoms with E-state index in [0.717, 1.165) is 5.57 Å². The van der Waals surface area contributed by atoms with Gasteiger partial charge in [0.2, 0.25) is 0 Å². The Labute approximate surface area is 197 Å². The van der Waals surface area contributed by atoms with Crippen LogP contribution in [0.15, 0.2) is 23.0 Å². The maximum absolute atomic E-state index is 14.2. The minimum absolute atomic E-state index is 0.0725. The minimum atomic E-state index is -1.59. The SMILES string of the molecule is CC[C@H](C)C(=O)C1=C(O)[C@]2(C[C@H]3[C@H](CC[C@@]3(C)O)[C@@](C)(O)C2)C(=O)[C@@](C)(CC=C(C)C)C1=O. The molecule has 2 saturated carbocycles. The second-order valence-electron chi connectivity index (χ2n) is 11.8. The maximum atomic E-state index is 14.2. The van der Waals surface area contributed by atoms with Gasteiger partial charge < -0.3 is 15.3 Å². The Hall–Kier alpha value is -1.79. The van der Waals surface area contributed by atoms with E-state index in [1.54, 1.807) is 27.7 Å². The molecule has 184 valence electrons. The van der Waals surface area contributed by atoms with Gasteiger partial charge in [0.25, 0.3) is 0 Å². The van der Waals surface area contributed by atoms with Crippen LogP contribution in [0.5, 0.6) is 0 Å². The summed E-state index contributed by atoms with van der Waals surface area (Å²) in [6.07, 6.45) is 3.56. The van der Waals surface area contributed by atoms with Gasteiger partial charge in [-0.15, -0.1) is 0 Å². The lowest BCUT2D eigenvalue weighted by atomic mass is 9.49. The fourth-order valence-corrected chi connectivity index (χ4v) is 6.53. The van der Waals surface area contributed by atoms with Gasteiger partial charge in [0.1, 0.15) is 11.3 Å². The molecule has 3 N–H and O–H groups in total. The van der Waals surface area contributed by atoms with Gasteiger partial charge in [-0.3, -0.25) is 14.4 Å². The van der Waals surface area contributed by atoms with Gasteiger partial charge in [-0.05, 0) is 85.0 Å². The lowest BCUT2D eigenvalue weighted by Crippen LogP contribution is -2.61. The van der Waals surface area contributed by atoms with E-state index in [-0.39, 0.29) is 30.8 Å². The van der Waals surface area contributed by atoms with Crippen molar-refractivity contribution in [3.63, 3.8) is 0 Å². The molecule has 0 aromatic rings. The Kier molecular flexibility index (Phi) is 6.38. The molecule has 0 aromatic carbocycles. The van der Waals surface area contributed by atoms with Crippen molar-refractivity contribution in [1.82, 2.24) is 0 Å². The standard InChI is InChI=1S/C27H40O6/c1-8-16(4)20(28)19-21(29)24(5,11-9-15(2)3)23(31)27(22(19)30)13-18-17(26(7,33)14-27)10-12-25(18,6)32/h9,16-18,30,32-33H,8,10-14H2,1-7H3/t16-,17-,18-,24-,25+,26-,27+/m0/s1. The van der Waals surface area contributed by atoms with Gasteiger partial charge in [0.05, 0.1) is 22.0 Å². The van der Waals surface area contributed by atoms with E-state index < -0.39 is 57.0 Å². The number of allylic oxidation sites excluding steroid dienone is 4. The Morgan fingerprint density at radius 2 is 1.73 bits per heavy atom. The second kappa shape index (κ2) is 8.16. The maximum Gasteiger partial charge on any atom is 0.183 e. The molecular formula is C27H40O6. The molecule has 0 unspecified atom stereocenters. The lowest BCUT2D eigenvalue weighted by molar-refractivity contribution is -0.167. The third kappa shape index (κ3) is 3.83. The normalized spacial score (nSPS) is 41.8. The molecule has 6 nitrogen and oxygen atoms in total. The molecule has 0 bridgehead atoms. The van der Waals surface area contributed by atoms with Gasteiger partial charge in [0, 0.05) is 5.92 Å². The summed E-state index contributed by atoms with van der Waals surface area (Å²) in [6, 6.07) is 0. The van der Waals surface area contributed by atoms with Crippen molar-refractivity contribution in [3.8, 4) is 0 Å². The fourth-order valence-electron chi connectivity index (χ4n) is 6.53. The van der Waals surface area contributed by atoms with Gasteiger partial charge in [-0.2, -0.15) is 0 Å². The van der Waals surface area contributed by atoms with Crippen LogP contribution in [0.2, 0.25) is 0 Å². The van der Waals surface area contributed by atoms with Gasteiger partial charge in [-0.1, -0.05) is 25.5 Å². The summed E-state index contributed by atoms with van der Waals surface area (Å²) in [6.45, 7) is 12.2. The fraction of sp³-hybridized carbons (Fsp3) is 0.741. The largest absolute Gasteiger partial charge is 0.510 e. The molecular weight excluding hydrogens is 420 g/mol. The average molecular weight is 461 g/mol. The summed E-state index contributed by atoms with van der Waals surface area (Å²) in [5.74, 6) is -3.22. The van der Waals surface area contributed by atoms with Crippen molar-refractivity contribution in [2.24, 2.45) is 28.6 Å². The van der Waals surface area contributed by atoms with Crippen molar-refractivity contribution >= 4 is 17.3 Å². The summed E-state index contributed by atoms with van der Waals surface area (Å²) in [5, 5.41) is 34.1. The van der Waals surface area contributed by atoms with Crippen molar-refractivity contribution in [2.75, 3.05) is 0 Å². The molecule has 3 aliphatic carbocycles. The monoisotopic (exact) mass is 460 g/mol. The third-order valence-electron chi connectivity index (χ3n) is 8.85. The minimum Gasteiger partial charge on any atom is -0.510 e. The molecule has 0 amide bonds. The summed E-state index contributed by atoms with van der Waals surface area (Å²) >= 11 is 0. The molecule has 33 heavy (non-hydrogen) atoms. The highest BCUT2D eigenvalue weighted by Gasteiger charge is 2.68. The molecule has 0 heterocycles. The van der Waals surface area contributed by atoms with E-state index >= 15 is 0 Å². The summed E-state index contributed by atoms with van der Waals surface area (Å²) in [4.78, 5) is 41.2. The predicted octanol–water partition coefficient (Wildman–Crippen LogP) is 4.24. The number of aliphatic hydroxyl groups is 3. The number of hydrogen-bond donors (Lipinski definition) is 3. The number of fused-ring (bicyclic) bond motifs is 1. The third-order valence-corrected chi connectivity index (χ3v) is 8.85. The highest BCUT2D eigenvalue weighted by Crippen LogP contribution is 2.62. The molecule has 6 heteroatoms. The first kappa shape index (κ1) is 25.8. The van der Waals surface area contributed by atoms with Crippen LogP contribution in [0.1, 0.15) is 87.0 Å². The van der Waals surface area contributed by atoms with Crippen LogP contribution >= 0.6 is 0 Å². The van der Waals surface area contributed by atoms with E-state index in [0.29, 0.717) is 19.3 Å². The summed E-state index contributed by atoms with van der Waals surface area (Å²) < 4.78 is 0. The van der Waals surface area contributed by atoms with Crippen molar-refractivity contribution in [2.45, 2.75) is 98.2 Å². The van der Waals surface area contributed by atoms with E-state index in [1.165, 1.54) is 0 Å². The molecule has 2 fully saturated rings. The number of Topliss-reactive ketones (excluding diaryl/α,β-unsaturated/α-hetero) is 3. The smallest absolute Gasteiger partial charge is 0.183 e. The number of ketones is 3. The molecule has 0 saturated heterocycles. The zero-order valence-electron chi connectivity index (χ0n) is 21.1. The average Bonchev–Trinajstić information content (AvgIpc) is 3.04. The van der Waals surface area contributed by atoms with Gasteiger partial charge in [-0.25, -0.2) is 0 Å². The Bertz CT molecular complexity index is 934. The van der Waals surface area contributed by atoms with Crippen LogP contribution in [0.4, 0.5) is 0 Å². The van der Waals surface area contributed by atoms with Crippen molar-refractivity contribution < 1.29 is 29.7 Å². The Morgan fingerprint density at radius 1 is 1.12 bits per heavy atom. The topological polar surface area (TPSA) is 112 Å². The van der Waals surface area contributed by atoms with E-state index in [9.17, 15) is 29.7 Å². The van der Waals surface area contributed by atoms with E-state index in [1.807, 2.05) is 26.8 Å². The zero-order valence-corrected chi connectivity index (χ0v) is 21.1. The number of aliphatic hydroxyl groups excluding tert-OH is 1. The van der Waals surface area contributed by atoms with E-state index in [2.05, 4.69) is 0 Å². The summed E-state index contributed by atoms with van der Waals surface area (Å²) in [5.41, 5.74) is -4.92. The molecule has 1 spiro atoms. The molecule has 0 radical (unpaired) electrons. The Morgan fingerprint density at radius 3 is 2.27 bits per heavy atom. The second-order valence-corrected chi connectivity index (χ2v) is 11.8. The molecule has 0 aliphatic heterocycles. The van der Waals surface area contributed by atoms with Crippen molar-refractivity contribution in [3.05, 3.63) is 23.0 Å². The number of carbonyl (C=O) groups is 3. The van der Waals surface area contributed by atoms with Crippen LogP contribution in [-0.2, 0) is 14.4 Å². The van der Waals surface area contributed by atoms with E-state index in [4.69, 9.17) is 0 Å². The first-order valence-electron chi connectivity index (χ1n) is 12.2.